The summed E-state index contributed by atoms with van der Waals surface area (Å²) in [6.45, 7) is 2.03. The molecule has 1 fully saturated rings. The molecule has 6 nitrogen and oxygen atoms in total. The lowest BCUT2D eigenvalue weighted by Gasteiger charge is -2.46. The molecule has 1 aliphatic heterocycles. The van der Waals surface area contributed by atoms with Crippen LogP contribution in [0.25, 0.3) is 0 Å². The van der Waals surface area contributed by atoms with Gasteiger partial charge < -0.3 is 16.2 Å². The summed E-state index contributed by atoms with van der Waals surface area (Å²) in [5, 5.41) is 0. The van der Waals surface area contributed by atoms with Crippen molar-refractivity contribution in [1.82, 2.24) is 0 Å². The molecule has 1 aliphatic carbocycles. The summed E-state index contributed by atoms with van der Waals surface area (Å²) in [6, 6.07) is 5.95. The van der Waals surface area contributed by atoms with Crippen molar-refractivity contribution in [1.29, 1.82) is 0 Å². The number of benzene rings is 1. The Bertz CT molecular complexity index is 631. The topological polar surface area (TPSA) is 89.2 Å². The molecule has 1 aromatic carbocycles. The second kappa shape index (κ2) is 5.51. The lowest BCUT2D eigenvalue weighted by Crippen LogP contribution is -2.58. The highest BCUT2D eigenvalue weighted by Crippen LogP contribution is 2.41. The van der Waals surface area contributed by atoms with E-state index in [-0.39, 0.29) is 5.96 Å². The van der Waals surface area contributed by atoms with E-state index in [9.17, 15) is 0 Å². The van der Waals surface area contributed by atoms with Crippen molar-refractivity contribution in [2.75, 3.05) is 12.0 Å². The van der Waals surface area contributed by atoms with Gasteiger partial charge in [-0.25, -0.2) is 4.99 Å². The Kier molecular flexibility index (Phi) is 3.68. The van der Waals surface area contributed by atoms with E-state index in [0.29, 0.717) is 5.96 Å². The number of hydrogen-bond acceptors (Lipinski definition) is 6. The molecule has 0 aromatic heterocycles. The highest BCUT2D eigenvalue weighted by Gasteiger charge is 2.43. The zero-order chi connectivity index (χ0) is 15.7. The number of methoxy groups -OCH3 is 1. The Hall–Kier alpha value is -2.24. The first-order chi connectivity index (χ1) is 10.6. The van der Waals surface area contributed by atoms with Gasteiger partial charge in [-0.1, -0.05) is 12.5 Å². The summed E-state index contributed by atoms with van der Waals surface area (Å²) in [5.74, 6) is 1.51. The number of ether oxygens (including phenoxy) is 1. The zero-order valence-electron chi connectivity index (χ0n) is 13.2. The molecule has 6 heteroatoms. The molecule has 3 rings (SSSR count). The van der Waals surface area contributed by atoms with Crippen LogP contribution in [-0.2, 0) is 0 Å². The van der Waals surface area contributed by atoms with Gasteiger partial charge >= 0.3 is 0 Å². The van der Waals surface area contributed by atoms with Crippen LogP contribution in [-0.4, -0.2) is 24.7 Å². The molecule has 4 N–H and O–H groups in total. The van der Waals surface area contributed by atoms with Crippen molar-refractivity contribution in [3.8, 4) is 5.75 Å². The lowest BCUT2D eigenvalue weighted by molar-refractivity contribution is 0.305. The Morgan fingerprint density at radius 3 is 2.59 bits per heavy atom. The highest BCUT2D eigenvalue weighted by molar-refractivity contribution is 6.06. The number of rotatable bonds is 2. The fourth-order valence-corrected chi connectivity index (χ4v) is 3.54. The molecular formula is C16H23N5O. The third-order valence-electron chi connectivity index (χ3n) is 4.57. The van der Waals surface area contributed by atoms with Crippen LogP contribution in [0.3, 0.4) is 0 Å². The van der Waals surface area contributed by atoms with E-state index in [1.165, 1.54) is 6.42 Å². The second-order valence-electron chi connectivity index (χ2n) is 5.92. The van der Waals surface area contributed by atoms with Gasteiger partial charge in [-0.3, -0.25) is 4.90 Å². The van der Waals surface area contributed by atoms with E-state index in [0.717, 1.165) is 42.7 Å². The van der Waals surface area contributed by atoms with E-state index in [2.05, 4.69) is 4.99 Å². The third kappa shape index (κ3) is 2.28. The molecular weight excluding hydrogens is 278 g/mol. The molecule has 1 saturated carbocycles. The SMILES string of the molecule is COc1cccc(N2C(N)=NC(N)=NC23CCCCC3)c1C. The van der Waals surface area contributed by atoms with Crippen LogP contribution < -0.4 is 21.1 Å². The summed E-state index contributed by atoms with van der Waals surface area (Å²) < 4.78 is 5.44. The second-order valence-corrected chi connectivity index (χ2v) is 5.92. The first-order valence-electron chi connectivity index (χ1n) is 7.71. The first-order valence-corrected chi connectivity index (χ1v) is 7.71. The summed E-state index contributed by atoms with van der Waals surface area (Å²) in [4.78, 5) is 10.9. The first kappa shape index (κ1) is 14.7. The molecule has 0 saturated heterocycles. The number of anilines is 1. The Morgan fingerprint density at radius 1 is 1.18 bits per heavy atom. The van der Waals surface area contributed by atoms with E-state index in [1.807, 2.05) is 30.0 Å². The van der Waals surface area contributed by atoms with Gasteiger partial charge in [0, 0.05) is 5.56 Å². The maximum Gasteiger partial charge on any atom is 0.220 e. The standard InChI is InChI=1S/C16H23N5O/c1-11-12(7-6-8-13(11)22-2)21-15(18)19-14(17)20-16(21)9-4-3-5-10-16/h6-8H,3-5,9-10H2,1-2H3,(H4,17,18,19,20). The maximum absolute atomic E-state index is 6.24. The molecule has 22 heavy (non-hydrogen) atoms. The largest absolute Gasteiger partial charge is 0.496 e. The van der Waals surface area contributed by atoms with Gasteiger partial charge in [0.05, 0.1) is 12.8 Å². The molecule has 0 bridgehead atoms. The molecule has 0 amide bonds. The van der Waals surface area contributed by atoms with Gasteiger partial charge in [0.1, 0.15) is 11.4 Å². The lowest BCUT2D eigenvalue weighted by atomic mass is 9.87. The summed E-state index contributed by atoms with van der Waals surface area (Å²) in [5.41, 5.74) is 13.7. The quantitative estimate of drug-likeness (QED) is 0.875. The fourth-order valence-electron chi connectivity index (χ4n) is 3.54. The third-order valence-corrected chi connectivity index (χ3v) is 4.57. The Labute approximate surface area is 130 Å². The number of nitrogens with zero attached hydrogens (tertiary/aromatic N) is 3. The van der Waals surface area contributed by atoms with Gasteiger partial charge in [-0.05, 0) is 44.7 Å². The monoisotopic (exact) mass is 301 g/mol. The van der Waals surface area contributed by atoms with Crippen LogP contribution in [0.5, 0.6) is 5.75 Å². The van der Waals surface area contributed by atoms with Gasteiger partial charge in [-0.2, -0.15) is 4.99 Å². The Morgan fingerprint density at radius 2 is 1.91 bits per heavy atom. The van der Waals surface area contributed by atoms with E-state index < -0.39 is 5.66 Å². The van der Waals surface area contributed by atoms with Crippen LogP contribution in [0.15, 0.2) is 28.2 Å². The van der Waals surface area contributed by atoms with Crippen LogP contribution in [0.4, 0.5) is 5.69 Å². The van der Waals surface area contributed by atoms with Crippen molar-refractivity contribution in [2.45, 2.75) is 44.7 Å². The number of guanidine groups is 2. The number of nitrogens with two attached hydrogens (primary N) is 2. The van der Waals surface area contributed by atoms with E-state index in [4.69, 9.17) is 21.2 Å². The normalized spacial score (nSPS) is 20.5. The van der Waals surface area contributed by atoms with Crippen molar-refractivity contribution >= 4 is 17.6 Å². The molecule has 0 atom stereocenters. The predicted octanol–water partition coefficient (Wildman–Crippen LogP) is 2.11. The molecule has 0 radical (unpaired) electrons. The molecule has 1 heterocycles. The van der Waals surface area contributed by atoms with Crippen molar-refractivity contribution in [3.05, 3.63) is 23.8 Å². The molecule has 2 aliphatic rings. The average Bonchev–Trinajstić information content (AvgIpc) is 2.49. The van der Waals surface area contributed by atoms with Crippen molar-refractivity contribution in [2.24, 2.45) is 21.5 Å². The number of aliphatic imine (C=N–C) groups is 2. The number of hydrogen-bond donors (Lipinski definition) is 2. The average molecular weight is 301 g/mol. The summed E-state index contributed by atoms with van der Waals surface area (Å²) in [6.07, 6.45) is 5.31. The molecule has 118 valence electrons. The van der Waals surface area contributed by atoms with Gasteiger partial charge in [0.15, 0.2) is 0 Å². The smallest absolute Gasteiger partial charge is 0.220 e. The van der Waals surface area contributed by atoms with Crippen LogP contribution in [0.2, 0.25) is 0 Å². The summed E-state index contributed by atoms with van der Waals surface area (Å²) >= 11 is 0. The minimum atomic E-state index is -0.411. The molecule has 1 spiro atoms. The van der Waals surface area contributed by atoms with Gasteiger partial charge in [0.25, 0.3) is 0 Å². The van der Waals surface area contributed by atoms with Crippen LogP contribution >= 0.6 is 0 Å². The molecule has 1 aromatic rings. The minimum absolute atomic E-state index is 0.274. The summed E-state index contributed by atoms with van der Waals surface area (Å²) in [7, 11) is 1.67. The maximum atomic E-state index is 6.24. The van der Waals surface area contributed by atoms with E-state index >= 15 is 0 Å². The van der Waals surface area contributed by atoms with E-state index in [1.54, 1.807) is 7.11 Å². The molecule has 0 unspecified atom stereocenters. The van der Waals surface area contributed by atoms with Crippen LogP contribution in [0.1, 0.15) is 37.7 Å². The Balaban J connectivity index is 2.12. The highest BCUT2D eigenvalue weighted by atomic mass is 16.5. The van der Waals surface area contributed by atoms with Crippen molar-refractivity contribution in [3.63, 3.8) is 0 Å². The predicted molar refractivity (Wildman–Crippen MR) is 89.3 cm³/mol. The van der Waals surface area contributed by atoms with Crippen molar-refractivity contribution < 1.29 is 4.74 Å². The van der Waals surface area contributed by atoms with Gasteiger partial charge in [0.2, 0.25) is 11.9 Å². The zero-order valence-corrected chi connectivity index (χ0v) is 13.2. The minimum Gasteiger partial charge on any atom is -0.496 e. The van der Waals surface area contributed by atoms with Crippen LogP contribution in [0, 0.1) is 6.92 Å². The van der Waals surface area contributed by atoms with Gasteiger partial charge in [-0.15, -0.1) is 0 Å². The fraction of sp³-hybridized carbons (Fsp3) is 0.500.